The van der Waals surface area contributed by atoms with Gasteiger partial charge in [-0.1, -0.05) is 53.9 Å². The summed E-state index contributed by atoms with van der Waals surface area (Å²) < 4.78 is 251. The van der Waals surface area contributed by atoms with E-state index in [1.54, 1.807) is 0 Å². The fourth-order valence-corrected chi connectivity index (χ4v) is 13.6. The smallest absolute Gasteiger partial charge is 0.418 e. The molecule has 2 saturated heterocycles. The zero-order valence-electron chi connectivity index (χ0n) is 45.3. The summed E-state index contributed by atoms with van der Waals surface area (Å²) in [6, 6.07) is 20.2. The van der Waals surface area contributed by atoms with E-state index in [0.29, 0.717) is 37.1 Å². The molecule has 2 unspecified atom stereocenters. The number of morpholine rings is 2. The largest absolute Gasteiger partial charge is 0.593 e. The van der Waals surface area contributed by atoms with Crippen LogP contribution in [0.25, 0.3) is 12.2 Å². The van der Waals surface area contributed by atoms with E-state index in [4.69, 9.17) is 14.2 Å². The van der Waals surface area contributed by atoms with E-state index in [-0.39, 0.29) is 94.6 Å². The number of methoxy groups -OCH3 is 1. The fourth-order valence-electron chi connectivity index (χ4n) is 9.15. The molecule has 6 aromatic rings. The highest BCUT2D eigenvalue weighted by atomic mass is 32.2. The molecule has 470 valence electrons. The number of amides is 2. The molecule has 0 radical (unpaired) electrons. The van der Waals surface area contributed by atoms with Crippen molar-refractivity contribution in [1.82, 2.24) is 14.6 Å². The zero-order valence-corrected chi connectivity index (χ0v) is 48.6. The fraction of sp³-hybridized carbons (Fsp3) is 0.250. The van der Waals surface area contributed by atoms with Crippen molar-refractivity contribution in [3.05, 3.63) is 172 Å². The van der Waals surface area contributed by atoms with E-state index in [2.05, 4.69) is 9.44 Å². The number of nitrogens with zero attached hydrogens (tertiary/aromatic N) is 3. The standard InChI is InChI=1S/C56H47F12N5O11S4/c1-73(76,77)42-29-35(11-20-46(42)88(80,81)70-37-6-4-8-40(31-37)86-45-18-9-33(12-21-47(74)71-23-26-83-27-24-71)49(53(57,58)59)51(45)55(63,64)65)43-32-72(25-28-84-43)48(75)22-13-34-10-19-44(52(56(66,67)68)50(34)54(60,61)62)85-39-7-3-5-36(30-39)69-87(78,79)41-16-14-38(82-2)15-17-41/h3-22,29-31,43,69-70,76H,23-28,32H2,1-2H3/b21-12+,22-13+. The molecule has 16 nitrogen and oxygen atoms in total. The molecule has 0 spiro atoms. The van der Waals surface area contributed by atoms with Gasteiger partial charge in [-0.3, -0.25) is 19.0 Å². The van der Waals surface area contributed by atoms with Crippen LogP contribution < -0.4 is 19.0 Å². The number of rotatable bonds is 17. The van der Waals surface area contributed by atoms with Crippen molar-refractivity contribution in [2.24, 2.45) is 0 Å². The van der Waals surface area contributed by atoms with Gasteiger partial charge in [-0.2, -0.15) is 57.5 Å². The van der Waals surface area contributed by atoms with Gasteiger partial charge in [0, 0.05) is 68.8 Å². The first-order valence-corrected chi connectivity index (χ1v) is 30.1. The summed E-state index contributed by atoms with van der Waals surface area (Å²) in [5.74, 6) is -1.45. The summed E-state index contributed by atoms with van der Waals surface area (Å²) >= 11 is 0.439. The molecule has 0 aliphatic carbocycles. The van der Waals surface area contributed by atoms with Gasteiger partial charge in [0.2, 0.25) is 11.8 Å². The third kappa shape index (κ3) is 16.1. The number of hydrogen-bond acceptors (Lipinski definition) is 13. The Kier molecular flexibility index (Phi) is 19.7. The molecule has 2 amide bonds. The van der Waals surface area contributed by atoms with E-state index in [1.165, 1.54) is 54.5 Å². The quantitative estimate of drug-likeness (QED) is 0.0337. The number of hydrogen-bond donors (Lipinski definition) is 3. The molecule has 32 heteroatoms. The maximum Gasteiger partial charge on any atom is 0.418 e. The number of alkyl halides is 12. The van der Waals surface area contributed by atoms with Crippen LogP contribution in [0.2, 0.25) is 0 Å². The molecule has 0 aromatic heterocycles. The first-order valence-electron chi connectivity index (χ1n) is 25.5. The Balaban J connectivity index is 0.997. The van der Waals surface area contributed by atoms with E-state index in [9.17, 15) is 89.5 Å². The molecule has 2 atom stereocenters. The SMILES string of the molecule is COc1ccc(S(=O)(=O)Nc2cccc(Sc3ccc(/C=C/C(=O)N4CCOC(c5ccc(S(=O)(=O)Nc6cccc(Sc7ccc(/C=C/C(=O)N8CCOCC8)c(C(F)(F)F)c7C(F)(F)F)c6)c([N+](C)([O-])O)c5)C4)c(C(F)(F)F)c3C(F)(F)F)c2)cc1. The van der Waals surface area contributed by atoms with E-state index in [1.807, 2.05) is 0 Å². The first-order chi connectivity index (χ1) is 41.0. The van der Waals surface area contributed by atoms with Gasteiger partial charge in [-0.25, -0.2) is 22.0 Å². The minimum absolute atomic E-state index is 0.0468. The number of anilines is 2. The molecule has 0 saturated carbocycles. The van der Waals surface area contributed by atoms with Crippen molar-refractivity contribution >= 4 is 84.6 Å². The second kappa shape index (κ2) is 26.0. The Labute approximate surface area is 502 Å². The minimum Gasteiger partial charge on any atom is -0.593 e. The highest BCUT2D eigenvalue weighted by Crippen LogP contribution is 2.50. The van der Waals surface area contributed by atoms with Crippen LogP contribution in [-0.4, -0.2) is 104 Å². The van der Waals surface area contributed by atoms with Gasteiger partial charge in [0.25, 0.3) is 20.0 Å². The van der Waals surface area contributed by atoms with E-state index in [0.717, 1.165) is 77.7 Å². The summed E-state index contributed by atoms with van der Waals surface area (Å²) in [4.78, 5) is 22.8. The van der Waals surface area contributed by atoms with Crippen molar-refractivity contribution in [3.63, 3.8) is 0 Å². The van der Waals surface area contributed by atoms with Crippen LogP contribution in [0.4, 0.5) is 69.7 Å². The number of halogens is 12. The van der Waals surface area contributed by atoms with Crippen LogP contribution in [0, 0.1) is 5.21 Å². The summed E-state index contributed by atoms with van der Waals surface area (Å²) in [5, 5.41) is 23.9. The normalized spacial score (nSPS) is 16.4. The Morgan fingerprint density at radius 2 is 1.09 bits per heavy atom. The first kappa shape index (κ1) is 66.6. The summed E-state index contributed by atoms with van der Waals surface area (Å²) in [6.45, 7) is -0.483. The predicted octanol–water partition coefficient (Wildman–Crippen LogP) is 13.0. The maximum atomic E-state index is 14.8. The lowest BCUT2D eigenvalue weighted by Crippen LogP contribution is -2.41. The molecule has 6 aromatic carbocycles. The van der Waals surface area contributed by atoms with Gasteiger partial charge in [0.1, 0.15) is 18.9 Å². The third-order valence-electron chi connectivity index (χ3n) is 13.1. The van der Waals surface area contributed by atoms with Crippen LogP contribution in [0.3, 0.4) is 0 Å². The number of ether oxygens (including phenoxy) is 3. The van der Waals surface area contributed by atoms with Gasteiger partial charge >= 0.3 is 24.7 Å². The summed E-state index contributed by atoms with van der Waals surface area (Å²) in [7, 11) is -7.26. The minimum atomic E-state index is -5.67. The predicted molar refractivity (Wildman–Crippen MR) is 299 cm³/mol. The molecular formula is C56H47F12N5O11S4. The Morgan fingerprint density at radius 1 is 0.625 bits per heavy atom. The van der Waals surface area contributed by atoms with E-state index >= 15 is 0 Å². The van der Waals surface area contributed by atoms with Crippen LogP contribution in [-0.2, 0) is 63.8 Å². The molecule has 2 fully saturated rings. The second-order valence-electron chi connectivity index (χ2n) is 19.3. The lowest BCUT2D eigenvalue weighted by Gasteiger charge is -2.34. The summed E-state index contributed by atoms with van der Waals surface area (Å²) in [6.07, 6.45) is -21.3. The number of sulfonamides is 2. The molecule has 3 N–H and O–H groups in total. The molecule has 0 bridgehead atoms. The average Bonchev–Trinajstić information content (AvgIpc) is 1.23. The van der Waals surface area contributed by atoms with Crippen LogP contribution >= 0.6 is 23.5 Å². The lowest BCUT2D eigenvalue weighted by molar-refractivity contribution is -0.163. The topological polar surface area (TPSA) is 204 Å². The number of hydroxylamine groups is 2. The molecule has 8 rings (SSSR count). The van der Waals surface area contributed by atoms with Crippen molar-refractivity contribution < 1.29 is 98.5 Å². The zero-order chi connectivity index (χ0) is 64.4. The highest BCUT2D eigenvalue weighted by molar-refractivity contribution is 7.99. The highest BCUT2D eigenvalue weighted by Gasteiger charge is 2.48. The van der Waals surface area contributed by atoms with Gasteiger partial charge in [-0.05, 0) is 108 Å². The monoisotopic (exact) mass is 1320 g/mol. The molecule has 2 aliphatic rings. The molecule has 88 heavy (non-hydrogen) atoms. The van der Waals surface area contributed by atoms with Crippen LogP contribution in [0.5, 0.6) is 5.75 Å². The Hall–Kier alpha value is -7.30. The van der Waals surface area contributed by atoms with Crippen LogP contribution in [0.1, 0.15) is 45.0 Å². The molecule has 2 aliphatic heterocycles. The number of nitrogens with one attached hydrogen (secondary N) is 2. The van der Waals surface area contributed by atoms with Gasteiger partial charge in [0.15, 0.2) is 10.6 Å². The van der Waals surface area contributed by atoms with E-state index < -0.39 is 128 Å². The van der Waals surface area contributed by atoms with Crippen molar-refractivity contribution in [2.45, 2.75) is 60.2 Å². The molecular weight excluding hydrogens is 1270 g/mol. The lowest BCUT2D eigenvalue weighted by atomic mass is 9.99. The van der Waals surface area contributed by atoms with Gasteiger partial charge in [-0.15, -0.1) is 0 Å². The number of quaternary nitrogens is 1. The van der Waals surface area contributed by atoms with Crippen molar-refractivity contribution in [2.75, 3.05) is 69.6 Å². The number of carbonyl (C=O) groups excluding carboxylic acids is 2. The summed E-state index contributed by atoms with van der Waals surface area (Å²) in [5.41, 5.74) is -11.9. The van der Waals surface area contributed by atoms with Gasteiger partial charge < -0.3 is 29.2 Å². The second-order valence-corrected chi connectivity index (χ2v) is 24.9. The Morgan fingerprint density at radius 3 is 1.56 bits per heavy atom. The van der Waals surface area contributed by atoms with Crippen molar-refractivity contribution in [1.29, 1.82) is 0 Å². The molecule has 2 heterocycles. The van der Waals surface area contributed by atoms with Crippen LogP contribution in [0.15, 0.2) is 157 Å². The number of carbonyl (C=O) groups is 2. The Bertz CT molecular complexity index is 3890. The third-order valence-corrected chi connectivity index (χ3v) is 18.1. The van der Waals surface area contributed by atoms with Gasteiger partial charge in [0.05, 0.1) is 60.6 Å². The average molecular weight is 1320 g/mol. The maximum absolute atomic E-state index is 14.8. The number of benzene rings is 6. The van der Waals surface area contributed by atoms with Crippen molar-refractivity contribution in [3.8, 4) is 5.75 Å².